The van der Waals surface area contributed by atoms with Gasteiger partial charge in [0.05, 0.1) is 5.69 Å². The summed E-state index contributed by atoms with van der Waals surface area (Å²) in [5.74, 6) is 1.31. The van der Waals surface area contributed by atoms with E-state index in [1.165, 1.54) is 6.33 Å². The molecule has 2 N–H and O–H groups in total. The van der Waals surface area contributed by atoms with Crippen molar-refractivity contribution in [3.05, 3.63) is 17.8 Å². The summed E-state index contributed by atoms with van der Waals surface area (Å²) in [7, 11) is 0. The molecule has 0 fully saturated rings. The van der Waals surface area contributed by atoms with Crippen LogP contribution in [0.2, 0.25) is 0 Å². The molecule has 2 rings (SSSR count). The predicted octanol–water partition coefficient (Wildman–Crippen LogP) is 5.45. The van der Waals surface area contributed by atoms with Gasteiger partial charge in [0.2, 0.25) is 0 Å². The second-order valence-electron chi connectivity index (χ2n) is 2.65. The molecular formula is C17H39N5. The average Bonchev–Trinajstić information content (AvgIpc) is 2.92. The van der Waals surface area contributed by atoms with E-state index >= 15 is 0 Å². The maximum Gasteiger partial charge on any atom is 0.153 e. The van der Waals surface area contributed by atoms with Gasteiger partial charge in [0, 0.05) is 0 Å². The van der Waals surface area contributed by atoms with Crippen molar-refractivity contribution in [2.24, 2.45) is 0 Å². The second-order valence-corrected chi connectivity index (χ2v) is 2.65. The summed E-state index contributed by atoms with van der Waals surface area (Å²) in [6.45, 7) is 23.8. The second kappa shape index (κ2) is 21.6. The summed E-state index contributed by atoms with van der Waals surface area (Å²) in [5.41, 5.74) is 7.33. The van der Waals surface area contributed by atoms with Crippen molar-refractivity contribution in [2.45, 2.75) is 83.1 Å². The highest BCUT2D eigenvalue weighted by molar-refractivity contribution is 5.67. The van der Waals surface area contributed by atoms with E-state index in [2.05, 4.69) is 15.1 Å². The molecule has 132 valence electrons. The molecule has 0 aliphatic heterocycles. The van der Waals surface area contributed by atoms with Crippen LogP contribution in [0, 0.1) is 13.8 Å². The normalized spacial score (nSPS) is 7.27. The van der Waals surface area contributed by atoms with Gasteiger partial charge in [0.1, 0.15) is 17.7 Å². The zero-order valence-corrected chi connectivity index (χ0v) is 16.9. The third-order valence-electron chi connectivity index (χ3n) is 1.80. The van der Waals surface area contributed by atoms with Crippen LogP contribution in [0.1, 0.15) is 80.8 Å². The summed E-state index contributed by atoms with van der Waals surface area (Å²) in [6, 6.07) is 0. The first kappa shape index (κ1) is 28.5. The molecule has 0 radical (unpaired) electrons. The monoisotopic (exact) mass is 313 g/mol. The number of hydrogen-bond acceptors (Lipinski definition) is 4. The SMILES string of the molecule is CC.CC.CC.CC.CC.Cc1nc(C)n2ncnc(N)c12. The van der Waals surface area contributed by atoms with Gasteiger partial charge in [0.25, 0.3) is 0 Å². The molecule has 5 heteroatoms. The van der Waals surface area contributed by atoms with Gasteiger partial charge >= 0.3 is 0 Å². The van der Waals surface area contributed by atoms with E-state index in [-0.39, 0.29) is 0 Å². The number of nitrogens with two attached hydrogens (primary N) is 1. The number of hydrogen-bond donors (Lipinski definition) is 1. The van der Waals surface area contributed by atoms with E-state index in [0.29, 0.717) is 5.82 Å². The molecular weight excluding hydrogens is 274 g/mol. The zero-order valence-electron chi connectivity index (χ0n) is 16.9. The molecule has 0 atom stereocenters. The Balaban J connectivity index is -0.000000139. The lowest BCUT2D eigenvalue weighted by Crippen LogP contribution is -2.00. The molecule has 2 aromatic heterocycles. The van der Waals surface area contributed by atoms with E-state index in [0.717, 1.165) is 17.0 Å². The van der Waals surface area contributed by atoms with E-state index < -0.39 is 0 Å². The van der Waals surface area contributed by atoms with Crippen LogP contribution < -0.4 is 5.73 Å². The molecule has 0 bridgehead atoms. The van der Waals surface area contributed by atoms with Crippen LogP contribution >= 0.6 is 0 Å². The average molecular weight is 314 g/mol. The molecule has 0 unspecified atom stereocenters. The number of nitrogens with zero attached hydrogens (tertiary/aromatic N) is 4. The maximum atomic E-state index is 5.66. The van der Waals surface area contributed by atoms with Crippen LogP contribution in [0.15, 0.2) is 6.33 Å². The lowest BCUT2D eigenvalue weighted by Gasteiger charge is -1.96. The molecule has 0 saturated carbocycles. The fourth-order valence-electron chi connectivity index (χ4n) is 1.29. The van der Waals surface area contributed by atoms with Crippen molar-refractivity contribution in [2.75, 3.05) is 5.73 Å². The van der Waals surface area contributed by atoms with E-state index in [1.54, 1.807) is 4.52 Å². The van der Waals surface area contributed by atoms with Crippen molar-refractivity contribution < 1.29 is 0 Å². The highest BCUT2D eigenvalue weighted by atomic mass is 15.3. The topological polar surface area (TPSA) is 69.1 Å². The smallest absolute Gasteiger partial charge is 0.153 e. The number of fused-ring (bicyclic) bond motifs is 1. The first-order valence-electron chi connectivity index (χ1n) is 8.62. The van der Waals surface area contributed by atoms with Crippen molar-refractivity contribution in [3.8, 4) is 0 Å². The fraction of sp³-hybridized carbons (Fsp3) is 0.706. The van der Waals surface area contributed by atoms with Crippen molar-refractivity contribution in [1.29, 1.82) is 0 Å². The van der Waals surface area contributed by atoms with Crippen LogP contribution in [0.25, 0.3) is 5.52 Å². The summed E-state index contributed by atoms with van der Waals surface area (Å²) in [4.78, 5) is 8.12. The number of rotatable bonds is 0. The molecule has 0 aliphatic rings. The largest absolute Gasteiger partial charge is 0.382 e. The van der Waals surface area contributed by atoms with Crippen LogP contribution in [0.5, 0.6) is 0 Å². The minimum Gasteiger partial charge on any atom is -0.382 e. The third kappa shape index (κ3) is 9.32. The van der Waals surface area contributed by atoms with Gasteiger partial charge in [-0.25, -0.2) is 14.5 Å². The van der Waals surface area contributed by atoms with Crippen LogP contribution in [-0.2, 0) is 0 Å². The Kier molecular flexibility index (Phi) is 28.0. The fourth-order valence-corrected chi connectivity index (χ4v) is 1.29. The molecule has 5 nitrogen and oxygen atoms in total. The Labute approximate surface area is 138 Å². The Morgan fingerprint density at radius 1 is 0.818 bits per heavy atom. The molecule has 2 aromatic rings. The van der Waals surface area contributed by atoms with E-state index in [9.17, 15) is 0 Å². The minimum atomic E-state index is 0.475. The third-order valence-corrected chi connectivity index (χ3v) is 1.80. The number of imidazole rings is 1. The summed E-state index contributed by atoms with van der Waals surface area (Å²) in [6.07, 6.45) is 1.43. The zero-order chi connectivity index (χ0) is 18.7. The van der Waals surface area contributed by atoms with Gasteiger partial charge in [0.15, 0.2) is 5.82 Å². The Morgan fingerprint density at radius 3 is 1.59 bits per heavy atom. The molecule has 0 amide bonds. The quantitative estimate of drug-likeness (QED) is 0.701. The molecule has 22 heavy (non-hydrogen) atoms. The Hall–Kier alpha value is -1.65. The molecule has 0 aliphatic carbocycles. The Bertz CT molecular complexity index is 436. The molecule has 2 heterocycles. The highest BCUT2D eigenvalue weighted by Crippen LogP contribution is 2.14. The number of nitrogen functional groups attached to an aromatic ring is 1. The van der Waals surface area contributed by atoms with Crippen molar-refractivity contribution in [3.63, 3.8) is 0 Å². The van der Waals surface area contributed by atoms with E-state index in [4.69, 9.17) is 5.73 Å². The van der Waals surface area contributed by atoms with Gasteiger partial charge in [-0.05, 0) is 13.8 Å². The van der Waals surface area contributed by atoms with Gasteiger partial charge in [-0.1, -0.05) is 69.2 Å². The van der Waals surface area contributed by atoms with Crippen LogP contribution in [0.3, 0.4) is 0 Å². The lowest BCUT2D eigenvalue weighted by molar-refractivity contribution is 0.855. The van der Waals surface area contributed by atoms with E-state index in [1.807, 2.05) is 83.1 Å². The van der Waals surface area contributed by atoms with Crippen molar-refractivity contribution in [1.82, 2.24) is 19.6 Å². The number of anilines is 1. The number of aromatic nitrogens is 4. The first-order chi connectivity index (χ1) is 10.7. The summed E-state index contributed by atoms with van der Waals surface area (Å²) in [5, 5.41) is 4.03. The van der Waals surface area contributed by atoms with Gasteiger partial charge in [-0.2, -0.15) is 5.10 Å². The summed E-state index contributed by atoms with van der Waals surface area (Å²) >= 11 is 0. The first-order valence-corrected chi connectivity index (χ1v) is 8.62. The highest BCUT2D eigenvalue weighted by Gasteiger charge is 2.07. The summed E-state index contributed by atoms with van der Waals surface area (Å²) < 4.78 is 1.69. The van der Waals surface area contributed by atoms with Gasteiger partial charge < -0.3 is 5.73 Å². The maximum absolute atomic E-state index is 5.66. The van der Waals surface area contributed by atoms with Crippen LogP contribution in [0.4, 0.5) is 5.82 Å². The predicted molar refractivity (Wildman–Crippen MR) is 101 cm³/mol. The Morgan fingerprint density at radius 2 is 1.23 bits per heavy atom. The molecule has 0 saturated heterocycles. The standard InChI is InChI=1S/C7H9N5.5C2H6/c1-4-6-7(8)9-3-10-12(6)5(2)11-4;5*1-2/h3H,1-2H3,(H2,8,9,10);5*1-2H3. The molecule has 0 spiro atoms. The van der Waals surface area contributed by atoms with Crippen LogP contribution in [-0.4, -0.2) is 19.6 Å². The van der Waals surface area contributed by atoms with Gasteiger partial charge in [-0.15, -0.1) is 0 Å². The number of aryl methyl sites for hydroxylation is 2. The molecule has 0 aromatic carbocycles. The van der Waals surface area contributed by atoms with Crippen molar-refractivity contribution >= 4 is 11.3 Å². The minimum absolute atomic E-state index is 0.475. The lowest BCUT2D eigenvalue weighted by atomic mass is 10.4. The van der Waals surface area contributed by atoms with Gasteiger partial charge in [-0.3, -0.25) is 0 Å².